The molecule has 2 saturated heterocycles. The standard InChI is InChI=1S/C20H19F3N6O2.C17H24N2O2/c1-2-29-17(26-13-6-4-3-5-7-13)12(11-24)10-14(19(29)31)27-18(30)16-25-9-8-15(28-16)20(21,22)23;1-3-16(14-19-9-11-21-12-10-19)17(20)18(2)13-15-7-5-4-6-8-15/h3-9,11,14H,2,10,24H2,1H3,(H,27,30);3-8H,9-14H2,1-2H3/b12-11-,26-17?;16-3+. The number of aromatic nitrogens is 2. The third-order valence-electron chi connectivity index (χ3n) is 8.22. The Bertz CT molecular complexity index is 1760. The summed E-state index contributed by atoms with van der Waals surface area (Å²) in [4.78, 5) is 54.7. The lowest BCUT2D eigenvalue weighted by atomic mass is 9.98. The van der Waals surface area contributed by atoms with Gasteiger partial charge in [-0.2, -0.15) is 13.2 Å². The number of allylic oxidation sites excluding steroid dienone is 1. The van der Waals surface area contributed by atoms with E-state index in [2.05, 4.69) is 25.2 Å². The molecule has 2 aliphatic heterocycles. The molecule has 5 rings (SSSR count). The largest absolute Gasteiger partial charge is 0.433 e. The maximum absolute atomic E-state index is 13.0. The maximum Gasteiger partial charge on any atom is 0.433 e. The molecular weight excluding hydrogens is 677 g/mol. The molecule has 0 spiro atoms. The second kappa shape index (κ2) is 18.7. The van der Waals surface area contributed by atoms with Gasteiger partial charge in [-0.1, -0.05) is 54.6 Å². The quantitative estimate of drug-likeness (QED) is 0.311. The van der Waals surface area contributed by atoms with Crippen LogP contribution in [0, 0.1) is 0 Å². The Kier molecular flexibility index (Phi) is 14.2. The molecule has 15 heteroatoms. The average Bonchev–Trinajstić information content (AvgIpc) is 3.16. The number of morpholine rings is 1. The lowest BCUT2D eigenvalue weighted by molar-refractivity contribution is -0.141. The molecule has 0 bridgehead atoms. The summed E-state index contributed by atoms with van der Waals surface area (Å²) in [6.45, 7) is 8.55. The zero-order valence-corrected chi connectivity index (χ0v) is 29.3. The normalized spacial score (nSPS) is 18.5. The fourth-order valence-corrected chi connectivity index (χ4v) is 5.49. The van der Waals surface area contributed by atoms with E-state index >= 15 is 0 Å². The monoisotopic (exact) mass is 720 g/mol. The molecule has 2 aromatic carbocycles. The van der Waals surface area contributed by atoms with Crippen LogP contribution in [0.2, 0.25) is 0 Å². The number of amides is 3. The van der Waals surface area contributed by atoms with Gasteiger partial charge in [0.2, 0.25) is 5.82 Å². The van der Waals surface area contributed by atoms with E-state index in [1.54, 1.807) is 36.1 Å². The molecule has 0 aliphatic carbocycles. The number of rotatable bonds is 9. The average molecular weight is 721 g/mol. The number of likely N-dealkylation sites (N-methyl/N-ethyl adjacent to an activating group) is 2. The lowest BCUT2D eigenvalue weighted by Gasteiger charge is -2.34. The summed E-state index contributed by atoms with van der Waals surface area (Å²) in [5.41, 5.74) is 7.61. The summed E-state index contributed by atoms with van der Waals surface area (Å²) < 4.78 is 43.9. The molecule has 12 nitrogen and oxygen atoms in total. The minimum atomic E-state index is -4.73. The van der Waals surface area contributed by atoms with Gasteiger partial charge in [-0.3, -0.25) is 24.2 Å². The van der Waals surface area contributed by atoms with E-state index < -0.39 is 35.6 Å². The first kappa shape index (κ1) is 39.4. The topological polar surface area (TPSA) is 146 Å². The number of carbonyl (C=O) groups excluding carboxylic acids is 3. The zero-order valence-electron chi connectivity index (χ0n) is 29.3. The Morgan fingerprint density at radius 3 is 2.33 bits per heavy atom. The van der Waals surface area contributed by atoms with E-state index in [0.717, 1.165) is 43.6 Å². The highest BCUT2D eigenvalue weighted by molar-refractivity contribution is 6.13. The van der Waals surface area contributed by atoms with Crippen molar-refractivity contribution in [1.82, 2.24) is 30.0 Å². The van der Waals surface area contributed by atoms with Crippen LogP contribution in [0.3, 0.4) is 0 Å². The Labute approximate surface area is 300 Å². The van der Waals surface area contributed by atoms with Crippen molar-refractivity contribution in [1.29, 1.82) is 0 Å². The van der Waals surface area contributed by atoms with E-state index in [4.69, 9.17) is 10.5 Å². The molecule has 3 aromatic rings. The first-order valence-corrected chi connectivity index (χ1v) is 16.8. The van der Waals surface area contributed by atoms with Crippen molar-refractivity contribution >= 4 is 29.2 Å². The molecule has 276 valence electrons. The minimum absolute atomic E-state index is 0.0161. The van der Waals surface area contributed by atoms with Crippen LogP contribution in [0.1, 0.15) is 42.1 Å². The number of ether oxygens (including phenoxy) is 1. The zero-order chi connectivity index (χ0) is 37.7. The van der Waals surface area contributed by atoms with Gasteiger partial charge in [-0.05, 0) is 37.6 Å². The van der Waals surface area contributed by atoms with Gasteiger partial charge < -0.3 is 20.7 Å². The number of alkyl halides is 3. The van der Waals surface area contributed by atoms with Gasteiger partial charge in [0.05, 0.1) is 18.9 Å². The van der Waals surface area contributed by atoms with Gasteiger partial charge in [0.25, 0.3) is 17.7 Å². The second-order valence-corrected chi connectivity index (χ2v) is 11.9. The summed E-state index contributed by atoms with van der Waals surface area (Å²) in [5.74, 6) is -1.70. The van der Waals surface area contributed by atoms with Crippen molar-refractivity contribution in [3.05, 3.63) is 113 Å². The van der Waals surface area contributed by atoms with Crippen LogP contribution in [0.25, 0.3) is 0 Å². The number of likely N-dealkylation sites (tertiary alicyclic amines) is 1. The number of halogens is 3. The highest BCUT2D eigenvalue weighted by Crippen LogP contribution is 2.27. The Morgan fingerprint density at radius 2 is 1.73 bits per heavy atom. The number of nitrogens with zero attached hydrogens (tertiary/aromatic N) is 6. The Morgan fingerprint density at radius 1 is 1.08 bits per heavy atom. The van der Waals surface area contributed by atoms with E-state index in [0.29, 0.717) is 36.3 Å². The van der Waals surface area contributed by atoms with Gasteiger partial charge in [-0.25, -0.2) is 15.0 Å². The summed E-state index contributed by atoms with van der Waals surface area (Å²) in [5, 5.41) is 2.40. The lowest BCUT2D eigenvalue weighted by Crippen LogP contribution is -2.55. The van der Waals surface area contributed by atoms with E-state index in [1.165, 1.54) is 11.1 Å². The molecule has 3 amide bonds. The van der Waals surface area contributed by atoms with Crippen LogP contribution in [0.15, 0.2) is 101 Å². The van der Waals surface area contributed by atoms with Crippen molar-refractivity contribution in [3.63, 3.8) is 0 Å². The SMILES string of the molecule is C/C=C(\CN1CCOCC1)C(=O)N(C)Cc1ccccc1.CCN1C(=O)C(NC(=O)c2nccc(C(F)(F)F)n2)C/C(=C/N)C1=Nc1ccccc1. The number of benzene rings is 2. The van der Waals surface area contributed by atoms with Crippen LogP contribution < -0.4 is 11.1 Å². The first-order valence-electron chi connectivity index (χ1n) is 16.8. The smallest absolute Gasteiger partial charge is 0.404 e. The molecular formula is C37H43F3N8O4. The molecule has 0 radical (unpaired) electrons. The fourth-order valence-electron chi connectivity index (χ4n) is 5.49. The van der Waals surface area contributed by atoms with Crippen molar-refractivity contribution in [3.8, 4) is 0 Å². The molecule has 2 fully saturated rings. The van der Waals surface area contributed by atoms with Crippen molar-refractivity contribution in [2.24, 2.45) is 10.7 Å². The number of hydrogen-bond acceptors (Lipinski definition) is 9. The van der Waals surface area contributed by atoms with Crippen molar-refractivity contribution in [2.75, 3.05) is 46.4 Å². The summed E-state index contributed by atoms with van der Waals surface area (Å²) in [7, 11) is 1.86. The molecule has 1 unspecified atom stereocenters. The molecule has 3 N–H and O–H groups in total. The molecule has 2 aliphatic rings. The van der Waals surface area contributed by atoms with E-state index in [1.807, 2.05) is 56.4 Å². The number of nitrogens with two attached hydrogens (primary N) is 1. The fraction of sp³-hybridized carbons (Fsp3) is 0.351. The number of aliphatic imine (C=N–C) groups is 1. The summed E-state index contributed by atoms with van der Waals surface area (Å²) in [6, 6.07) is 18.6. The molecule has 52 heavy (non-hydrogen) atoms. The molecule has 0 saturated carbocycles. The Hall–Kier alpha value is -5.41. The number of hydrogen-bond donors (Lipinski definition) is 2. The summed E-state index contributed by atoms with van der Waals surface area (Å²) >= 11 is 0. The van der Waals surface area contributed by atoms with Crippen LogP contribution in [0.4, 0.5) is 18.9 Å². The third kappa shape index (κ3) is 10.8. The predicted molar refractivity (Wildman–Crippen MR) is 190 cm³/mol. The second-order valence-electron chi connectivity index (χ2n) is 11.9. The minimum Gasteiger partial charge on any atom is -0.404 e. The van der Waals surface area contributed by atoms with E-state index in [9.17, 15) is 27.6 Å². The van der Waals surface area contributed by atoms with Gasteiger partial charge in [-0.15, -0.1) is 0 Å². The van der Waals surface area contributed by atoms with Crippen molar-refractivity contribution < 1.29 is 32.3 Å². The molecule has 1 aromatic heterocycles. The number of piperidine rings is 1. The first-order chi connectivity index (χ1) is 24.9. The van der Waals surface area contributed by atoms with Gasteiger partial charge in [0.15, 0.2) is 0 Å². The van der Waals surface area contributed by atoms with Crippen LogP contribution in [-0.4, -0.2) is 101 Å². The highest BCUT2D eigenvalue weighted by atomic mass is 19.4. The highest BCUT2D eigenvalue weighted by Gasteiger charge is 2.38. The molecule has 3 heterocycles. The number of nitrogens with one attached hydrogen (secondary N) is 1. The number of para-hydroxylation sites is 1. The summed E-state index contributed by atoms with van der Waals surface area (Å²) in [6.07, 6.45) is -0.657. The van der Waals surface area contributed by atoms with Crippen molar-refractivity contribution in [2.45, 2.75) is 39.0 Å². The molecule has 1 atom stereocenters. The predicted octanol–water partition coefficient (Wildman–Crippen LogP) is 4.34. The van der Waals surface area contributed by atoms with Crippen LogP contribution in [-0.2, 0) is 27.0 Å². The van der Waals surface area contributed by atoms with Crippen LogP contribution in [0.5, 0.6) is 0 Å². The number of amidine groups is 1. The maximum atomic E-state index is 13.0. The van der Waals surface area contributed by atoms with Gasteiger partial charge in [0, 0.05) is 69.7 Å². The van der Waals surface area contributed by atoms with E-state index in [-0.39, 0.29) is 18.9 Å². The van der Waals surface area contributed by atoms with Crippen LogP contribution >= 0.6 is 0 Å². The third-order valence-corrected chi connectivity index (χ3v) is 8.22. The number of carbonyl (C=O) groups is 3. The van der Waals surface area contributed by atoms with Gasteiger partial charge in [0.1, 0.15) is 17.6 Å². The Balaban J connectivity index is 0.000000251. The van der Waals surface area contributed by atoms with Gasteiger partial charge >= 0.3 is 6.18 Å².